The van der Waals surface area contributed by atoms with E-state index < -0.39 is 11.6 Å². The van der Waals surface area contributed by atoms with Crippen LogP contribution in [0.25, 0.3) is 22.6 Å². The van der Waals surface area contributed by atoms with Crippen molar-refractivity contribution in [1.29, 1.82) is 0 Å². The van der Waals surface area contributed by atoms with E-state index >= 15 is 0 Å². The van der Waals surface area contributed by atoms with Gasteiger partial charge in [0.1, 0.15) is 5.82 Å². The van der Waals surface area contributed by atoms with Crippen molar-refractivity contribution in [2.75, 3.05) is 0 Å². The molecule has 2 aromatic heterocycles. The molecule has 6 heteroatoms. The maximum Gasteiger partial charge on any atom is 0.263 e. The van der Waals surface area contributed by atoms with Gasteiger partial charge in [0.2, 0.25) is 0 Å². The Morgan fingerprint density at radius 1 is 1.07 bits per heavy atom. The number of rotatable bonds is 5. The highest BCUT2D eigenvalue weighted by atomic mass is 19.1. The van der Waals surface area contributed by atoms with Gasteiger partial charge in [0.15, 0.2) is 11.6 Å². The summed E-state index contributed by atoms with van der Waals surface area (Å²) in [6.07, 6.45) is 2.34. The van der Waals surface area contributed by atoms with E-state index in [9.17, 15) is 14.3 Å². The second kappa shape index (κ2) is 7.75. The van der Waals surface area contributed by atoms with Crippen molar-refractivity contribution < 1.29 is 9.50 Å². The zero-order chi connectivity index (χ0) is 20.4. The van der Waals surface area contributed by atoms with Gasteiger partial charge >= 0.3 is 0 Å². The number of aryl methyl sites for hydroxylation is 2. The van der Waals surface area contributed by atoms with Gasteiger partial charge in [-0.1, -0.05) is 36.4 Å². The van der Waals surface area contributed by atoms with Gasteiger partial charge in [0.05, 0.1) is 22.5 Å². The van der Waals surface area contributed by atoms with Crippen molar-refractivity contribution in [3.05, 3.63) is 94.3 Å². The molecule has 0 aliphatic carbocycles. The lowest BCUT2D eigenvalue weighted by molar-refractivity contribution is 0.433. The number of aromatic amines is 1. The molecule has 4 rings (SSSR count). The van der Waals surface area contributed by atoms with E-state index in [1.54, 1.807) is 19.2 Å². The Morgan fingerprint density at radius 3 is 2.59 bits per heavy atom. The third-order valence-electron chi connectivity index (χ3n) is 4.91. The molecule has 0 saturated carbocycles. The van der Waals surface area contributed by atoms with Crippen LogP contribution in [0.5, 0.6) is 5.75 Å². The zero-order valence-corrected chi connectivity index (χ0v) is 15.9. The Hall–Kier alpha value is -3.67. The van der Waals surface area contributed by atoms with Gasteiger partial charge in [-0.3, -0.25) is 9.36 Å². The van der Waals surface area contributed by atoms with E-state index in [1.807, 2.05) is 42.5 Å². The fourth-order valence-electron chi connectivity index (χ4n) is 3.45. The van der Waals surface area contributed by atoms with Crippen LogP contribution in [0.2, 0.25) is 0 Å². The smallest absolute Gasteiger partial charge is 0.263 e. The van der Waals surface area contributed by atoms with Crippen LogP contribution in [0.4, 0.5) is 4.39 Å². The van der Waals surface area contributed by atoms with Crippen LogP contribution in [0.15, 0.2) is 71.7 Å². The highest BCUT2D eigenvalue weighted by Crippen LogP contribution is 2.31. The first-order valence-electron chi connectivity index (χ1n) is 9.33. The minimum atomic E-state index is -0.752. The number of aromatic nitrogens is 3. The summed E-state index contributed by atoms with van der Waals surface area (Å²) in [5, 5.41) is 10.3. The molecule has 0 bridgehead atoms. The number of para-hydroxylation sites is 1. The largest absolute Gasteiger partial charge is 0.504 e. The van der Waals surface area contributed by atoms with E-state index in [-0.39, 0.29) is 16.9 Å². The van der Waals surface area contributed by atoms with E-state index in [4.69, 9.17) is 0 Å². The van der Waals surface area contributed by atoms with Gasteiger partial charge in [-0.25, -0.2) is 9.37 Å². The number of benzene rings is 2. The number of aromatic hydroxyl groups is 1. The minimum absolute atomic E-state index is 0.191. The first kappa shape index (κ1) is 18.7. The van der Waals surface area contributed by atoms with Crippen molar-refractivity contribution in [3.63, 3.8) is 0 Å². The normalized spacial score (nSPS) is 11.0. The Kier molecular flexibility index (Phi) is 4.99. The van der Waals surface area contributed by atoms with Crippen LogP contribution in [0, 0.1) is 12.7 Å². The van der Waals surface area contributed by atoms with E-state index in [1.165, 1.54) is 16.7 Å². The van der Waals surface area contributed by atoms with Crippen molar-refractivity contribution in [2.45, 2.75) is 19.9 Å². The van der Waals surface area contributed by atoms with Crippen molar-refractivity contribution >= 4 is 0 Å². The lowest BCUT2D eigenvalue weighted by Gasteiger charge is -2.16. The van der Waals surface area contributed by atoms with Crippen LogP contribution >= 0.6 is 0 Å². The third-order valence-corrected chi connectivity index (χ3v) is 4.91. The molecular formula is C23H20FN3O2. The van der Waals surface area contributed by atoms with Gasteiger partial charge in [0, 0.05) is 12.7 Å². The molecule has 4 aromatic rings. The topological polar surface area (TPSA) is 70.9 Å². The average Bonchev–Trinajstić information content (AvgIpc) is 3.24. The SMILES string of the molecule is Cc1nc(-c2cccc(F)c2O)n(CCc2ccccc2)c(=O)c1-c1ccc[nH]1. The number of nitrogens with one attached hydrogen (secondary N) is 1. The predicted octanol–water partition coefficient (Wildman–Crippen LogP) is 4.30. The second-order valence-corrected chi connectivity index (χ2v) is 6.81. The highest BCUT2D eigenvalue weighted by Gasteiger charge is 2.20. The van der Waals surface area contributed by atoms with Crippen LogP contribution in [-0.2, 0) is 13.0 Å². The molecule has 0 aliphatic heterocycles. The first-order valence-corrected chi connectivity index (χ1v) is 9.33. The molecule has 2 aromatic carbocycles. The molecule has 2 N–H and O–H groups in total. The van der Waals surface area contributed by atoms with Gasteiger partial charge in [0.25, 0.3) is 5.56 Å². The molecule has 0 aliphatic rings. The zero-order valence-electron chi connectivity index (χ0n) is 15.9. The molecule has 0 radical (unpaired) electrons. The molecule has 0 atom stereocenters. The molecule has 2 heterocycles. The number of hydrogen-bond acceptors (Lipinski definition) is 3. The van der Waals surface area contributed by atoms with Crippen LogP contribution < -0.4 is 5.56 Å². The summed E-state index contributed by atoms with van der Waals surface area (Å²) in [6.45, 7) is 2.08. The van der Waals surface area contributed by atoms with Crippen molar-refractivity contribution in [1.82, 2.24) is 14.5 Å². The fourth-order valence-corrected chi connectivity index (χ4v) is 3.45. The number of phenols is 1. The lowest BCUT2D eigenvalue weighted by Crippen LogP contribution is -2.27. The maximum atomic E-state index is 14.0. The highest BCUT2D eigenvalue weighted by molar-refractivity contribution is 5.68. The summed E-state index contributed by atoms with van der Waals surface area (Å²) < 4.78 is 15.5. The Labute approximate surface area is 167 Å². The van der Waals surface area contributed by atoms with E-state index in [0.29, 0.717) is 29.9 Å². The molecule has 146 valence electrons. The standard InChI is InChI=1S/C23H20FN3O2/c1-15-20(19-11-6-13-25-19)23(29)27(14-12-16-7-3-2-4-8-16)22(26-15)17-9-5-10-18(24)21(17)28/h2-11,13,25,28H,12,14H2,1H3. The molecular weight excluding hydrogens is 369 g/mol. The molecule has 0 spiro atoms. The van der Waals surface area contributed by atoms with E-state index in [0.717, 1.165) is 5.56 Å². The number of halogens is 1. The summed E-state index contributed by atoms with van der Waals surface area (Å²) in [4.78, 5) is 21.1. The monoisotopic (exact) mass is 389 g/mol. The molecule has 5 nitrogen and oxygen atoms in total. The van der Waals surface area contributed by atoms with Gasteiger partial charge in [-0.2, -0.15) is 0 Å². The van der Waals surface area contributed by atoms with Crippen molar-refractivity contribution in [3.8, 4) is 28.4 Å². The summed E-state index contributed by atoms with van der Waals surface area (Å²) in [5.41, 5.74) is 2.65. The molecule has 0 amide bonds. The summed E-state index contributed by atoms with van der Waals surface area (Å²) in [7, 11) is 0. The Morgan fingerprint density at radius 2 is 1.86 bits per heavy atom. The number of nitrogens with zero attached hydrogens (tertiary/aromatic N) is 2. The number of H-pyrrole nitrogens is 1. The predicted molar refractivity (Wildman–Crippen MR) is 110 cm³/mol. The third kappa shape index (κ3) is 3.57. The summed E-state index contributed by atoms with van der Waals surface area (Å²) >= 11 is 0. The fraction of sp³-hybridized carbons (Fsp3) is 0.130. The van der Waals surface area contributed by atoms with Crippen LogP contribution in [0.1, 0.15) is 11.3 Å². The maximum absolute atomic E-state index is 14.0. The first-order chi connectivity index (χ1) is 14.1. The number of hydrogen-bond donors (Lipinski definition) is 2. The average molecular weight is 389 g/mol. The van der Waals surface area contributed by atoms with Gasteiger partial charge < -0.3 is 10.1 Å². The molecule has 0 unspecified atom stereocenters. The Bertz CT molecular complexity index is 1200. The van der Waals surface area contributed by atoms with Gasteiger partial charge in [-0.15, -0.1) is 0 Å². The quantitative estimate of drug-likeness (QED) is 0.535. The van der Waals surface area contributed by atoms with Crippen LogP contribution in [-0.4, -0.2) is 19.6 Å². The summed E-state index contributed by atoms with van der Waals surface area (Å²) in [6, 6.07) is 17.6. The number of phenolic OH excluding ortho intramolecular Hbond substituents is 1. The van der Waals surface area contributed by atoms with Crippen molar-refractivity contribution in [2.24, 2.45) is 0 Å². The van der Waals surface area contributed by atoms with Gasteiger partial charge in [-0.05, 0) is 43.2 Å². The minimum Gasteiger partial charge on any atom is -0.504 e. The van der Waals surface area contributed by atoms with Crippen LogP contribution in [0.3, 0.4) is 0 Å². The van der Waals surface area contributed by atoms with E-state index in [2.05, 4.69) is 9.97 Å². The molecule has 0 fully saturated rings. The second-order valence-electron chi connectivity index (χ2n) is 6.81. The summed E-state index contributed by atoms with van der Waals surface area (Å²) in [5.74, 6) is -1.02. The lowest BCUT2D eigenvalue weighted by atomic mass is 10.1. The Balaban J connectivity index is 1.90. The molecule has 29 heavy (non-hydrogen) atoms. The molecule has 0 saturated heterocycles.